The molecule has 0 spiro atoms. The summed E-state index contributed by atoms with van der Waals surface area (Å²) in [7, 11) is 3.85. The lowest BCUT2D eigenvalue weighted by Crippen LogP contribution is -2.59. The minimum atomic E-state index is -0.466. The number of nitrogens with zero attached hydrogens (tertiary/aromatic N) is 3. The van der Waals surface area contributed by atoms with Crippen LogP contribution < -0.4 is 5.32 Å². The molecule has 1 unspecified atom stereocenters. The predicted molar refractivity (Wildman–Crippen MR) is 109 cm³/mol. The number of carbonyl (C=O) groups is 2. The van der Waals surface area contributed by atoms with E-state index in [0.29, 0.717) is 25.4 Å². The quantitative estimate of drug-likeness (QED) is 0.503. The van der Waals surface area contributed by atoms with Gasteiger partial charge in [-0.3, -0.25) is 4.79 Å². The maximum Gasteiger partial charge on any atom is 0.452 e. The van der Waals surface area contributed by atoms with Gasteiger partial charge in [-0.05, 0) is 49.0 Å². The highest BCUT2D eigenvalue weighted by molar-refractivity contribution is 7.79. The predicted octanol–water partition coefficient (Wildman–Crippen LogP) is 3.04. The summed E-state index contributed by atoms with van der Waals surface area (Å²) >= 11 is 5.38. The van der Waals surface area contributed by atoms with E-state index < -0.39 is 4.59 Å². The number of ether oxygens (including phenoxy) is 1. The molecule has 0 aromatic heterocycles. The Bertz CT molecular complexity index is 600. The molecule has 2 amide bonds. The van der Waals surface area contributed by atoms with Gasteiger partial charge in [-0.2, -0.15) is 0 Å². The van der Waals surface area contributed by atoms with Crippen molar-refractivity contribution in [1.82, 2.24) is 10.2 Å². The van der Waals surface area contributed by atoms with Crippen LogP contribution in [0.1, 0.15) is 58.8 Å². The number of nitrogens with one attached hydrogen (secondary N) is 1. The third-order valence-electron chi connectivity index (χ3n) is 5.07. The van der Waals surface area contributed by atoms with Crippen LogP contribution in [0.5, 0.6) is 0 Å². The largest absolute Gasteiger partial charge is 0.452 e. The summed E-state index contributed by atoms with van der Waals surface area (Å²) in [6.07, 6.45) is 6.48. The smallest absolute Gasteiger partial charge is 0.374 e. The van der Waals surface area contributed by atoms with E-state index in [2.05, 4.69) is 24.3 Å². The van der Waals surface area contributed by atoms with Crippen molar-refractivity contribution in [1.29, 1.82) is 0 Å². The van der Waals surface area contributed by atoms with Gasteiger partial charge in [0.1, 0.15) is 6.54 Å². The highest BCUT2D eigenvalue weighted by atomic mass is 32.1. The Labute approximate surface area is 167 Å². The first-order chi connectivity index (χ1) is 12.7. The number of thiocarbonyl (C=S) groups is 1. The summed E-state index contributed by atoms with van der Waals surface area (Å²) in [4.78, 5) is 27.6. The standard InChI is InChI=1S/C19H32N4O3S/c1-14(2)10-11-16(24)17-21-23(19(27)26-17,13-12-22(3)4)18(25)20-15-8-6-5-7-9-15/h14-15H,5-13H2,1-4H3/p+1. The van der Waals surface area contributed by atoms with Gasteiger partial charge in [0.25, 0.3) is 0 Å². The zero-order valence-corrected chi connectivity index (χ0v) is 17.8. The number of quaternary nitrogens is 1. The maximum atomic E-state index is 13.1. The number of rotatable bonds is 8. The Morgan fingerprint density at radius 1 is 1.30 bits per heavy atom. The number of hydrogen-bond acceptors (Lipinski definition) is 6. The van der Waals surface area contributed by atoms with Crippen LogP contribution in [0.4, 0.5) is 4.79 Å². The van der Waals surface area contributed by atoms with Crippen molar-refractivity contribution < 1.29 is 18.9 Å². The van der Waals surface area contributed by atoms with Crippen LogP contribution in [-0.4, -0.2) is 65.6 Å². The van der Waals surface area contributed by atoms with Crippen molar-refractivity contribution in [3.8, 4) is 0 Å². The molecular weight excluding hydrogens is 364 g/mol. The first-order valence-corrected chi connectivity index (χ1v) is 10.3. The van der Waals surface area contributed by atoms with Crippen LogP contribution in [0.25, 0.3) is 0 Å². The molecule has 1 heterocycles. The van der Waals surface area contributed by atoms with Gasteiger partial charge >= 0.3 is 17.1 Å². The third kappa shape index (κ3) is 5.80. The Hall–Kier alpha value is -1.38. The fourth-order valence-electron chi connectivity index (χ4n) is 3.26. The summed E-state index contributed by atoms with van der Waals surface area (Å²) < 4.78 is 5.07. The zero-order chi connectivity index (χ0) is 20.0. The van der Waals surface area contributed by atoms with Gasteiger partial charge in [0.15, 0.2) is 0 Å². The van der Waals surface area contributed by atoms with Crippen LogP contribution in [0.2, 0.25) is 0 Å². The van der Waals surface area contributed by atoms with E-state index in [1.807, 2.05) is 19.0 Å². The summed E-state index contributed by atoms with van der Waals surface area (Å²) in [5.41, 5.74) is 0. The minimum Gasteiger partial charge on any atom is -0.374 e. The van der Waals surface area contributed by atoms with Gasteiger partial charge in [0.2, 0.25) is 5.78 Å². The molecule has 1 N–H and O–H groups in total. The highest BCUT2D eigenvalue weighted by Gasteiger charge is 2.52. The van der Waals surface area contributed by atoms with Gasteiger partial charge < -0.3 is 15.0 Å². The summed E-state index contributed by atoms with van der Waals surface area (Å²) in [5.74, 6) is 0.185. The lowest BCUT2D eigenvalue weighted by atomic mass is 9.96. The molecule has 8 heteroatoms. The van der Waals surface area contributed by atoms with E-state index in [-0.39, 0.29) is 28.9 Å². The van der Waals surface area contributed by atoms with Gasteiger partial charge in [0.05, 0.1) is 6.54 Å². The SMILES string of the molecule is CC(C)CCC(=O)C1=N[N+](CCN(C)C)(C(=O)NC2CCCCC2)C(=S)O1. The van der Waals surface area contributed by atoms with E-state index >= 15 is 0 Å². The molecule has 1 aliphatic heterocycles. The van der Waals surface area contributed by atoms with Crippen LogP contribution >= 0.6 is 12.2 Å². The van der Waals surface area contributed by atoms with Gasteiger partial charge in [-0.25, -0.2) is 4.79 Å². The van der Waals surface area contributed by atoms with Gasteiger partial charge in [0, 0.05) is 24.7 Å². The Balaban J connectivity index is 2.19. The molecule has 2 rings (SSSR count). The number of hydrogen-bond donors (Lipinski definition) is 1. The lowest BCUT2D eigenvalue weighted by Gasteiger charge is -2.28. The molecule has 0 aromatic carbocycles. The number of likely N-dealkylation sites (N-methyl/N-ethyl adjacent to an activating group) is 1. The lowest BCUT2D eigenvalue weighted by molar-refractivity contribution is -0.764. The maximum absolute atomic E-state index is 13.1. The van der Waals surface area contributed by atoms with Gasteiger partial charge in [-0.15, -0.1) is 0 Å². The Morgan fingerprint density at radius 2 is 1.96 bits per heavy atom. The monoisotopic (exact) mass is 397 g/mol. The number of ketones is 1. The number of Topliss-reactive ketones (excluding diaryl/α,β-unsaturated/α-hetero) is 1. The second-order valence-electron chi connectivity index (χ2n) is 8.21. The average molecular weight is 398 g/mol. The van der Waals surface area contributed by atoms with Crippen molar-refractivity contribution >= 4 is 35.1 Å². The van der Waals surface area contributed by atoms with Crippen LogP contribution in [0, 0.1) is 5.92 Å². The molecule has 1 aliphatic carbocycles. The molecule has 1 saturated carbocycles. The molecule has 7 nitrogen and oxygen atoms in total. The van der Waals surface area contributed by atoms with E-state index in [0.717, 1.165) is 32.1 Å². The van der Waals surface area contributed by atoms with Crippen molar-refractivity contribution in [2.75, 3.05) is 27.2 Å². The zero-order valence-electron chi connectivity index (χ0n) is 17.0. The third-order valence-corrected chi connectivity index (χ3v) is 5.46. The van der Waals surface area contributed by atoms with Crippen LogP contribution in [0.15, 0.2) is 5.10 Å². The molecule has 1 fully saturated rings. The second kappa shape index (κ2) is 9.71. The highest BCUT2D eigenvalue weighted by Crippen LogP contribution is 2.24. The topological polar surface area (TPSA) is 71.0 Å². The molecule has 0 bridgehead atoms. The van der Waals surface area contributed by atoms with Crippen molar-refractivity contribution in [3.05, 3.63) is 0 Å². The molecular formula is C19H33N4O3S+. The van der Waals surface area contributed by atoms with Gasteiger partial charge in [-0.1, -0.05) is 33.1 Å². The van der Waals surface area contributed by atoms with Crippen molar-refractivity contribution in [3.63, 3.8) is 0 Å². The fourth-order valence-corrected chi connectivity index (χ4v) is 3.55. The molecule has 1 atom stereocenters. The number of amides is 2. The fraction of sp³-hybridized carbons (Fsp3) is 0.789. The van der Waals surface area contributed by atoms with E-state index in [1.54, 1.807) is 0 Å². The van der Waals surface area contributed by atoms with E-state index in [9.17, 15) is 9.59 Å². The number of carbonyl (C=O) groups excluding carboxylic acids is 2. The summed E-state index contributed by atoms with van der Waals surface area (Å²) in [5, 5.41) is 7.55. The summed E-state index contributed by atoms with van der Waals surface area (Å²) in [6.45, 7) is 5.05. The molecule has 0 saturated heterocycles. The second-order valence-corrected chi connectivity index (χ2v) is 8.56. The summed E-state index contributed by atoms with van der Waals surface area (Å²) in [6, 6.07) is -0.153. The molecule has 152 valence electrons. The molecule has 27 heavy (non-hydrogen) atoms. The molecule has 0 radical (unpaired) electrons. The van der Waals surface area contributed by atoms with E-state index in [1.165, 1.54) is 6.42 Å². The van der Waals surface area contributed by atoms with E-state index in [4.69, 9.17) is 17.0 Å². The molecule has 0 aromatic rings. The minimum absolute atomic E-state index is 0.0294. The number of urea groups is 1. The first kappa shape index (κ1) is 21.9. The molecule has 2 aliphatic rings. The van der Waals surface area contributed by atoms with Crippen LogP contribution in [-0.2, 0) is 9.53 Å². The Morgan fingerprint density at radius 3 is 2.56 bits per heavy atom. The van der Waals surface area contributed by atoms with Crippen molar-refractivity contribution in [2.24, 2.45) is 11.0 Å². The Kier molecular flexibility index (Phi) is 7.88. The normalized spacial score (nSPS) is 23.5. The first-order valence-electron chi connectivity index (χ1n) is 9.94. The average Bonchev–Trinajstić information content (AvgIpc) is 2.96. The van der Waals surface area contributed by atoms with Crippen molar-refractivity contribution in [2.45, 2.75) is 64.8 Å². The van der Waals surface area contributed by atoms with Crippen LogP contribution in [0.3, 0.4) is 0 Å².